The quantitative estimate of drug-likeness (QED) is 0.844. The van der Waals surface area contributed by atoms with Crippen molar-refractivity contribution in [3.8, 4) is 0 Å². The van der Waals surface area contributed by atoms with Crippen LogP contribution in [-0.2, 0) is 10.0 Å². The van der Waals surface area contributed by atoms with Crippen LogP contribution in [0.2, 0.25) is 0 Å². The molecule has 114 valence electrons. The Bertz CT molecular complexity index is 555. The number of sulfonamides is 1. The second-order valence-corrected chi connectivity index (χ2v) is 7.14. The summed E-state index contributed by atoms with van der Waals surface area (Å²) in [5.41, 5.74) is 4.65. The van der Waals surface area contributed by atoms with Crippen LogP contribution in [0, 0.1) is 17.6 Å². The van der Waals surface area contributed by atoms with Crippen LogP contribution in [0.15, 0.2) is 23.1 Å². The average Bonchev–Trinajstić information content (AvgIpc) is 2.26. The summed E-state index contributed by atoms with van der Waals surface area (Å²) in [6.07, 6.45) is 0.457. The zero-order valence-corrected chi connectivity index (χ0v) is 12.6. The number of nitrogens with two attached hydrogens (primary N) is 1. The van der Waals surface area contributed by atoms with Crippen molar-refractivity contribution in [2.24, 2.45) is 11.7 Å². The minimum absolute atomic E-state index is 0.0283. The van der Waals surface area contributed by atoms with Crippen LogP contribution in [0.3, 0.4) is 0 Å². The molecule has 1 rings (SSSR count). The van der Waals surface area contributed by atoms with Gasteiger partial charge in [0, 0.05) is 12.1 Å². The van der Waals surface area contributed by atoms with Crippen LogP contribution in [-0.4, -0.2) is 20.5 Å². The molecule has 3 N–H and O–H groups in total. The van der Waals surface area contributed by atoms with E-state index in [4.69, 9.17) is 5.73 Å². The fourth-order valence-electron chi connectivity index (χ4n) is 2.18. The molecule has 0 spiro atoms. The van der Waals surface area contributed by atoms with E-state index < -0.39 is 32.1 Å². The van der Waals surface area contributed by atoms with Gasteiger partial charge in [-0.15, -0.1) is 0 Å². The van der Waals surface area contributed by atoms with Crippen LogP contribution in [0.4, 0.5) is 8.78 Å². The molecule has 1 atom stereocenters. The van der Waals surface area contributed by atoms with Crippen molar-refractivity contribution < 1.29 is 17.2 Å². The summed E-state index contributed by atoms with van der Waals surface area (Å²) in [7, 11) is -4.32. The average molecular weight is 306 g/mol. The Balaban J connectivity index is 3.18. The highest BCUT2D eigenvalue weighted by Crippen LogP contribution is 2.23. The van der Waals surface area contributed by atoms with Gasteiger partial charge in [0.2, 0.25) is 10.0 Å². The lowest BCUT2D eigenvalue weighted by Gasteiger charge is -2.30. The number of nitrogens with one attached hydrogen (secondary N) is 1. The minimum atomic E-state index is -4.32. The van der Waals surface area contributed by atoms with E-state index in [1.165, 1.54) is 0 Å². The third-order valence-corrected chi connectivity index (χ3v) is 4.57. The van der Waals surface area contributed by atoms with Crippen LogP contribution in [0.1, 0.15) is 27.2 Å². The number of hydrogen-bond donors (Lipinski definition) is 2. The first kappa shape index (κ1) is 17.0. The lowest BCUT2D eigenvalue weighted by molar-refractivity contribution is 0.343. The maximum absolute atomic E-state index is 13.6. The summed E-state index contributed by atoms with van der Waals surface area (Å²) < 4.78 is 53.9. The third-order valence-electron chi connectivity index (χ3n) is 2.88. The van der Waals surface area contributed by atoms with Gasteiger partial charge in [-0.3, -0.25) is 0 Å². The Morgan fingerprint density at radius 3 is 2.20 bits per heavy atom. The molecule has 20 heavy (non-hydrogen) atoms. The maximum Gasteiger partial charge on any atom is 0.246 e. The Kier molecular flexibility index (Phi) is 5.23. The summed E-state index contributed by atoms with van der Waals surface area (Å²) in [5, 5.41) is 0. The molecule has 7 heteroatoms. The van der Waals surface area contributed by atoms with Crippen molar-refractivity contribution in [2.75, 3.05) is 6.54 Å². The first-order chi connectivity index (χ1) is 9.11. The van der Waals surface area contributed by atoms with E-state index in [1.807, 2.05) is 13.8 Å². The molecule has 4 nitrogen and oxygen atoms in total. The summed E-state index contributed by atoms with van der Waals surface area (Å²) in [6, 6.07) is 2.92. The molecule has 0 bridgehead atoms. The number of halogens is 2. The fraction of sp³-hybridized carbons (Fsp3) is 0.538. The Morgan fingerprint density at radius 2 is 1.80 bits per heavy atom. The molecule has 0 saturated heterocycles. The van der Waals surface area contributed by atoms with E-state index in [9.17, 15) is 17.2 Å². The lowest BCUT2D eigenvalue weighted by atomic mass is 9.92. The van der Waals surface area contributed by atoms with E-state index in [0.29, 0.717) is 6.42 Å². The summed E-state index contributed by atoms with van der Waals surface area (Å²) in [6.45, 7) is 5.46. The van der Waals surface area contributed by atoms with E-state index in [2.05, 4.69) is 4.72 Å². The topological polar surface area (TPSA) is 72.2 Å². The van der Waals surface area contributed by atoms with Gasteiger partial charge in [-0.1, -0.05) is 19.9 Å². The standard InChI is InChI=1S/C13H20F2N2O2S/c1-9(2)7-13(3,8-16)17-20(18,19)12-10(14)5-4-6-11(12)15/h4-6,9,17H,7-8,16H2,1-3H3. The summed E-state index contributed by atoms with van der Waals surface area (Å²) >= 11 is 0. The van der Waals surface area contributed by atoms with Crippen LogP contribution < -0.4 is 10.5 Å². The maximum atomic E-state index is 13.6. The number of benzene rings is 1. The smallest absolute Gasteiger partial charge is 0.246 e. The lowest BCUT2D eigenvalue weighted by Crippen LogP contribution is -2.52. The minimum Gasteiger partial charge on any atom is -0.329 e. The van der Waals surface area contributed by atoms with E-state index >= 15 is 0 Å². The molecule has 0 fully saturated rings. The van der Waals surface area contributed by atoms with Crippen molar-refractivity contribution in [1.29, 1.82) is 0 Å². The number of hydrogen-bond acceptors (Lipinski definition) is 3. The second kappa shape index (κ2) is 6.15. The van der Waals surface area contributed by atoms with E-state index in [0.717, 1.165) is 18.2 Å². The zero-order chi connectivity index (χ0) is 15.6. The molecular formula is C13H20F2N2O2S. The Morgan fingerprint density at radius 1 is 1.30 bits per heavy atom. The highest BCUT2D eigenvalue weighted by atomic mass is 32.2. The number of rotatable bonds is 6. The first-order valence-corrected chi connectivity index (χ1v) is 7.78. The van der Waals surface area contributed by atoms with Crippen molar-refractivity contribution in [2.45, 2.75) is 37.6 Å². The van der Waals surface area contributed by atoms with Crippen molar-refractivity contribution in [3.63, 3.8) is 0 Å². The van der Waals surface area contributed by atoms with Gasteiger partial charge in [0.15, 0.2) is 4.90 Å². The van der Waals surface area contributed by atoms with Crippen LogP contribution in [0.25, 0.3) is 0 Å². The SMILES string of the molecule is CC(C)CC(C)(CN)NS(=O)(=O)c1c(F)cccc1F. The molecule has 0 radical (unpaired) electrons. The monoisotopic (exact) mass is 306 g/mol. The molecule has 0 aliphatic carbocycles. The van der Waals surface area contributed by atoms with Gasteiger partial charge >= 0.3 is 0 Å². The Labute approximate surface area is 118 Å². The van der Waals surface area contributed by atoms with Gasteiger partial charge in [0.1, 0.15) is 11.6 Å². The highest BCUT2D eigenvalue weighted by molar-refractivity contribution is 7.89. The van der Waals surface area contributed by atoms with E-state index in [1.54, 1.807) is 6.92 Å². The Hall–Kier alpha value is -1.05. The second-order valence-electron chi connectivity index (χ2n) is 5.52. The predicted octanol–water partition coefficient (Wildman–Crippen LogP) is 2.01. The largest absolute Gasteiger partial charge is 0.329 e. The third kappa shape index (κ3) is 3.97. The van der Waals surface area contributed by atoms with Crippen LogP contribution >= 0.6 is 0 Å². The van der Waals surface area contributed by atoms with Crippen LogP contribution in [0.5, 0.6) is 0 Å². The highest BCUT2D eigenvalue weighted by Gasteiger charge is 2.33. The molecule has 1 aromatic carbocycles. The van der Waals surface area contributed by atoms with Gasteiger partial charge in [-0.25, -0.2) is 21.9 Å². The van der Waals surface area contributed by atoms with Gasteiger partial charge < -0.3 is 5.73 Å². The summed E-state index contributed by atoms with van der Waals surface area (Å²) in [5.74, 6) is -2.07. The predicted molar refractivity (Wildman–Crippen MR) is 73.6 cm³/mol. The molecule has 1 aromatic rings. The van der Waals surface area contributed by atoms with Crippen molar-refractivity contribution >= 4 is 10.0 Å². The normalized spacial score (nSPS) is 15.3. The van der Waals surface area contributed by atoms with Gasteiger partial charge in [-0.2, -0.15) is 0 Å². The van der Waals surface area contributed by atoms with Crippen molar-refractivity contribution in [3.05, 3.63) is 29.8 Å². The summed E-state index contributed by atoms with van der Waals surface area (Å²) in [4.78, 5) is -0.969. The van der Waals surface area contributed by atoms with Crippen molar-refractivity contribution in [1.82, 2.24) is 4.72 Å². The molecule has 0 heterocycles. The molecule has 0 aromatic heterocycles. The zero-order valence-electron chi connectivity index (χ0n) is 11.8. The van der Waals surface area contributed by atoms with Gasteiger partial charge in [0.05, 0.1) is 0 Å². The fourth-order valence-corrected chi connectivity index (χ4v) is 3.75. The molecule has 0 aliphatic heterocycles. The first-order valence-electron chi connectivity index (χ1n) is 6.29. The van der Waals surface area contributed by atoms with Gasteiger partial charge in [-0.05, 0) is 31.4 Å². The molecule has 0 amide bonds. The van der Waals surface area contributed by atoms with Gasteiger partial charge in [0.25, 0.3) is 0 Å². The molecule has 1 unspecified atom stereocenters. The van der Waals surface area contributed by atoms with E-state index in [-0.39, 0.29) is 12.5 Å². The molecular weight excluding hydrogens is 286 g/mol. The molecule has 0 aliphatic rings. The molecule has 0 saturated carbocycles.